The topological polar surface area (TPSA) is 61.8 Å². The minimum absolute atomic E-state index is 0.0533. The molecule has 1 aliphatic rings. The maximum absolute atomic E-state index is 12.5. The van der Waals surface area contributed by atoms with Gasteiger partial charge < -0.3 is 10.4 Å². The first-order valence-electron chi connectivity index (χ1n) is 5.17. The van der Waals surface area contributed by atoms with Crippen molar-refractivity contribution in [2.24, 2.45) is 0 Å². The zero-order valence-electron chi connectivity index (χ0n) is 9.02. The molecule has 1 unspecified atom stereocenters. The van der Waals surface area contributed by atoms with Gasteiger partial charge in [0, 0.05) is 31.9 Å². The van der Waals surface area contributed by atoms with E-state index in [0.29, 0.717) is 22.7 Å². The van der Waals surface area contributed by atoms with Crippen LogP contribution in [0.3, 0.4) is 0 Å². The third-order valence-corrected chi connectivity index (χ3v) is 6.83. The molecule has 92 valence electrons. The number of aliphatic hydroxyl groups is 1. The van der Waals surface area contributed by atoms with Gasteiger partial charge in [0.25, 0.3) is 0 Å². The lowest BCUT2D eigenvalue weighted by Gasteiger charge is -2.29. The fourth-order valence-corrected chi connectivity index (χ4v) is 5.49. The molecule has 5 nitrogen and oxygen atoms in total. The molecule has 15 heavy (non-hydrogen) atoms. The first-order valence-corrected chi connectivity index (χ1v) is 8.29. The second-order valence-corrected chi connectivity index (χ2v) is 7.62. The second kappa shape index (κ2) is 6.82. The van der Waals surface area contributed by atoms with Crippen LogP contribution in [-0.2, 0) is 23.5 Å². The van der Waals surface area contributed by atoms with Crippen LogP contribution in [0.15, 0.2) is 0 Å². The molecule has 0 amide bonds. The number of hydrogen-bond acceptors (Lipinski definition) is 4. The van der Waals surface area contributed by atoms with E-state index in [1.54, 1.807) is 0 Å². The summed E-state index contributed by atoms with van der Waals surface area (Å²) in [4.78, 5) is 0. The number of piperazine rings is 1. The molecule has 0 bridgehead atoms. The number of hydrogen-bond donors (Lipinski definition) is 3. The summed E-state index contributed by atoms with van der Waals surface area (Å²) >= 11 is 0. The zero-order valence-corrected chi connectivity index (χ0v) is 10.7. The fourth-order valence-electron chi connectivity index (χ4n) is 1.38. The Bertz CT molecular complexity index is 284. The number of aliphatic hydroxyl groups excluding tert-OH is 1. The first kappa shape index (κ1) is 13.4. The summed E-state index contributed by atoms with van der Waals surface area (Å²) in [6.45, 7) is 5.53. The number of thiol groups is 1. The monoisotopic (exact) mass is 256 g/mol. The highest BCUT2D eigenvalue weighted by atomic mass is 32.9. The second-order valence-electron chi connectivity index (χ2n) is 3.11. The van der Waals surface area contributed by atoms with Gasteiger partial charge in [-0.1, -0.05) is 0 Å². The maximum Gasteiger partial charge on any atom is 0.170 e. The summed E-state index contributed by atoms with van der Waals surface area (Å²) in [5, 5.41) is 12.0. The van der Waals surface area contributed by atoms with Crippen LogP contribution in [-0.4, -0.2) is 58.8 Å². The van der Waals surface area contributed by atoms with Crippen LogP contribution in [0.2, 0.25) is 0 Å². The highest BCUT2D eigenvalue weighted by molar-refractivity contribution is 8.36. The molecule has 1 rings (SSSR count). The van der Waals surface area contributed by atoms with Crippen molar-refractivity contribution in [3.05, 3.63) is 0 Å². The van der Waals surface area contributed by atoms with Crippen LogP contribution in [0.25, 0.3) is 0 Å². The van der Waals surface area contributed by atoms with Gasteiger partial charge in [-0.05, 0) is 6.92 Å². The summed E-state index contributed by atoms with van der Waals surface area (Å²) < 4.78 is 19.7. The predicted molar refractivity (Wildman–Crippen MR) is 64.9 cm³/mol. The average molecular weight is 256 g/mol. The van der Waals surface area contributed by atoms with Crippen molar-refractivity contribution in [3.63, 3.8) is 0 Å². The van der Waals surface area contributed by atoms with E-state index >= 15 is 0 Å². The molecule has 0 aromatic carbocycles. The third kappa shape index (κ3) is 4.01. The van der Waals surface area contributed by atoms with E-state index in [0.717, 1.165) is 26.2 Å². The summed E-state index contributed by atoms with van der Waals surface area (Å²) in [6, 6.07) is 0. The lowest BCUT2D eigenvalue weighted by molar-refractivity contribution is 0.295. The standard InChI is InChI=1S/C8H20N2O3S2/c1-2-13-15(12,14-8-7-11)10-5-3-9-4-6-10/h9,11,14H,2-8H2,1H3. The minimum atomic E-state index is -2.40. The molecular formula is C8H20N2O3S2. The molecule has 0 spiro atoms. The van der Waals surface area contributed by atoms with Gasteiger partial charge >= 0.3 is 0 Å². The molecule has 1 atom stereocenters. The van der Waals surface area contributed by atoms with E-state index in [-0.39, 0.29) is 6.61 Å². The summed E-state index contributed by atoms with van der Waals surface area (Å²) in [6.07, 6.45) is 0. The van der Waals surface area contributed by atoms with Crippen molar-refractivity contribution in [3.8, 4) is 0 Å². The SMILES string of the molecule is CCOS(=O)(=[SH]CCO)N1CCNCC1. The molecule has 0 saturated carbocycles. The first-order chi connectivity index (χ1) is 7.23. The molecule has 1 saturated heterocycles. The fraction of sp³-hybridized carbons (Fsp3) is 1.00. The number of rotatable bonds is 5. The van der Waals surface area contributed by atoms with E-state index in [2.05, 4.69) is 5.32 Å². The molecule has 1 aliphatic heterocycles. The number of nitrogens with zero attached hydrogens (tertiary/aromatic N) is 1. The molecule has 2 N–H and O–H groups in total. The Morgan fingerprint density at radius 3 is 2.73 bits per heavy atom. The van der Waals surface area contributed by atoms with Crippen LogP contribution in [0.1, 0.15) is 6.92 Å². The van der Waals surface area contributed by atoms with Crippen molar-refractivity contribution in [2.45, 2.75) is 6.92 Å². The van der Waals surface area contributed by atoms with Crippen LogP contribution in [0, 0.1) is 0 Å². The Kier molecular flexibility index (Phi) is 6.10. The summed E-state index contributed by atoms with van der Waals surface area (Å²) in [5.41, 5.74) is 0. The van der Waals surface area contributed by atoms with Crippen molar-refractivity contribution in [2.75, 3.05) is 45.1 Å². The molecule has 0 aliphatic carbocycles. The zero-order chi connectivity index (χ0) is 11.1. The normalized spacial score (nSPS) is 22.5. The number of nitrogens with one attached hydrogen (secondary N) is 1. The van der Waals surface area contributed by atoms with Crippen LogP contribution < -0.4 is 5.32 Å². The molecule has 1 fully saturated rings. The minimum Gasteiger partial charge on any atom is -0.396 e. The molecule has 1 heterocycles. The van der Waals surface area contributed by atoms with Crippen LogP contribution in [0.4, 0.5) is 0 Å². The maximum atomic E-state index is 12.5. The Balaban J connectivity index is 2.74. The molecule has 0 aromatic rings. The van der Waals surface area contributed by atoms with Crippen LogP contribution >= 0.6 is 0 Å². The van der Waals surface area contributed by atoms with Crippen molar-refractivity contribution in [1.29, 1.82) is 0 Å². The van der Waals surface area contributed by atoms with E-state index < -0.39 is 8.96 Å². The lowest BCUT2D eigenvalue weighted by Crippen LogP contribution is -2.47. The average Bonchev–Trinajstić information content (AvgIpc) is 2.28. The highest BCUT2D eigenvalue weighted by Gasteiger charge is 2.20. The molecular weight excluding hydrogens is 236 g/mol. The lowest BCUT2D eigenvalue weighted by atomic mass is 10.4. The van der Waals surface area contributed by atoms with Gasteiger partial charge in [0.05, 0.1) is 13.2 Å². The van der Waals surface area contributed by atoms with Crippen LogP contribution in [0.5, 0.6) is 0 Å². The van der Waals surface area contributed by atoms with Gasteiger partial charge in [-0.3, -0.25) is 4.18 Å². The van der Waals surface area contributed by atoms with Crippen molar-refractivity contribution >= 4 is 19.3 Å². The van der Waals surface area contributed by atoms with E-state index in [1.165, 1.54) is 0 Å². The third-order valence-electron chi connectivity index (χ3n) is 2.03. The van der Waals surface area contributed by atoms with E-state index in [1.807, 2.05) is 11.2 Å². The Labute approximate surface area is 94.8 Å². The molecule has 7 heteroatoms. The highest BCUT2D eigenvalue weighted by Crippen LogP contribution is 2.07. The van der Waals surface area contributed by atoms with Gasteiger partial charge in [0.1, 0.15) is 0 Å². The Morgan fingerprint density at radius 2 is 2.20 bits per heavy atom. The van der Waals surface area contributed by atoms with E-state index in [4.69, 9.17) is 9.29 Å². The van der Waals surface area contributed by atoms with Crippen molar-refractivity contribution < 1.29 is 13.5 Å². The predicted octanol–water partition coefficient (Wildman–Crippen LogP) is -1.24. The Morgan fingerprint density at radius 1 is 1.53 bits per heavy atom. The van der Waals surface area contributed by atoms with Gasteiger partial charge in [-0.2, -0.15) is 0 Å². The molecule has 0 aromatic heterocycles. The van der Waals surface area contributed by atoms with Gasteiger partial charge in [0.15, 0.2) is 8.96 Å². The quantitative estimate of drug-likeness (QED) is 0.539. The summed E-state index contributed by atoms with van der Waals surface area (Å²) in [5.74, 6) is 0.503. The van der Waals surface area contributed by atoms with Crippen molar-refractivity contribution in [1.82, 2.24) is 9.62 Å². The van der Waals surface area contributed by atoms with Gasteiger partial charge in [-0.15, -0.1) is 10.3 Å². The largest absolute Gasteiger partial charge is 0.396 e. The van der Waals surface area contributed by atoms with Gasteiger partial charge in [-0.25, -0.2) is 8.51 Å². The smallest absolute Gasteiger partial charge is 0.170 e. The van der Waals surface area contributed by atoms with Gasteiger partial charge in [0.2, 0.25) is 0 Å². The summed E-state index contributed by atoms with van der Waals surface area (Å²) in [7, 11) is -1.71. The van der Waals surface area contributed by atoms with E-state index in [9.17, 15) is 4.21 Å². The Hall–Kier alpha value is 0.340. The molecule has 0 radical (unpaired) electrons.